The van der Waals surface area contributed by atoms with E-state index in [9.17, 15) is 4.79 Å². The molecule has 0 saturated carbocycles. The van der Waals surface area contributed by atoms with E-state index in [1.165, 1.54) is 11.8 Å². The summed E-state index contributed by atoms with van der Waals surface area (Å²) >= 11 is 1.37. The van der Waals surface area contributed by atoms with E-state index in [2.05, 4.69) is 4.98 Å². The zero-order valence-electron chi connectivity index (χ0n) is 12.3. The first-order valence-electron chi connectivity index (χ1n) is 6.60. The van der Waals surface area contributed by atoms with Crippen LogP contribution in [0.1, 0.15) is 6.92 Å². The van der Waals surface area contributed by atoms with Gasteiger partial charge in [0.25, 0.3) is 0 Å². The van der Waals surface area contributed by atoms with Crippen LogP contribution < -0.4 is 4.74 Å². The maximum Gasteiger partial charge on any atom is 0.316 e. The van der Waals surface area contributed by atoms with Crippen molar-refractivity contribution >= 4 is 17.7 Å². The van der Waals surface area contributed by atoms with Crippen LogP contribution in [0.25, 0.3) is 11.3 Å². The van der Waals surface area contributed by atoms with E-state index >= 15 is 0 Å². The summed E-state index contributed by atoms with van der Waals surface area (Å²) in [5, 5.41) is 0.786. The van der Waals surface area contributed by atoms with Gasteiger partial charge in [0, 0.05) is 12.6 Å². The van der Waals surface area contributed by atoms with Gasteiger partial charge < -0.3 is 14.0 Å². The number of nitrogens with zero attached hydrogens (tertiary/aromatic N) is 2. The molecule has 1 aromatic heterocycles. The van der Waals surface area contributed by atoms with Crippen LogP contribution in [-0.4, -0.2) is 35.0 Å². The van der Waals surface area contributed by atoms with E-state index in [0.29, 0.717) is 6.61 Å². The van der Waals surface area contributed by atoms with Crippen molar-refractivity contribution in [3.8, 4) is 17.0 Å². The Hall–Kier alpha value is -1.95. The molecule has 0 atom stereocenters. The lowest BCUT2D eigenvalue weighted by Gasteiger charge is -2.06. The molecule has 2 aromatic rings. The summed E-state index contributed by atoms with van der Waals surface area (Å²) in [6.07, 6.45) is 1.80. The summed E-state index contributed by atoms with van der Waals surface area (Å²) in [4.78, 5) is 15.7. The van der Waals surface area contributed by atoms with Gasteiger partial charge in [-0.25, -0.2) is 4.98 Å². The van der Waals surface area contributed by atoms with Gasteiger partial charge >= 0.3 is 5.97 Å². The zero-order valence-corrected chi connectivity index (χ0v) is 13.1. The molecule has 6 heteroatoms. The molecule has 0 saturated heterocycles. The van der Waals surface area contributed by atoms with Crippen molar-refractivity contribution in [2.75, 3.05) is 19.5 Å². The maximum atomic E-state index is 11.4. The molecule has 0 amide bonds. The monoisotopic (exact) mass is 306 g/mol. The van der Waals surface area contributed by atoms with Gasteiger partial charge in [-0.05, 0) is 31.2 Å². The first kappa shape index (κ1) is 15.4. The van der Waals surface area contributed by atoms with E-state index in [-0.39, 0.29) is 11.7 Å². The van der Waals surface area contributed by atoms with Crippen LogP contribution in [-0.2, 0) is 16.6 Å². The summed E-state index contributed by atoms with van der Waals surface area (Å²) in [6.45, 7) is 2.20. The van der Waals surface area contributed by atoms with Crippen LogP contribution in [0.2, 0.25) is 0 Å². The summed E-state index contributed by atoms with van der Waals surface area (Å²) in [7, 11) is 3.57. The molecule has 1 heterocycles. The number of hydrogen-bond acceptors (Lipinski definition) is 5. The van der Waals surface area contributed by atoms with Crippen molar-refractivity contribution in [3.63, 3.8) is 0 Å². The number of rotatable bonds is 6. The average Bonchev–Trinajstić information content (AvgIpc) is 2.87. The number of carbonyl (C=O) groups is 1. The van der Waals surface area contributed by atoms with Gasteiger partial charge in [0.1, 0.15) is 5.75 Å². The van der Waals surface area contributed by atoms with E-state index < -0.39 is 0 Å². The molecule has 0 radical (unpaired) electrons. The topological polar surface area (TPSA) is 53.4 Å². The van der Waals surface area contributed by atoms with E-state index in [0.717, 1.165) is 22.2 Å². The predicted molar refractivity (Wildman–Crippen MR) is 82.6 cm³/mol. The standard InChI is InChI=1S/C15H18N2O3S/c1-4-20-14(18)10-21-15-16-9-13(17(15)2)11-5-7-12(19-3)8-6-11/h5-9H,4,10H2,1-3H3. The molecular formula is C15H18N2O3S. The van der Waals surface area contributed by atoms with Gasteiger partial charge in [0.05, 0.1) is 31.4 Å². The number of esters is 1. The minimum absolute atomic E-state index is 0.225. The number of aromatic nitrogens is 2. The fourth-order valence-electron chi connectivity index (χ4n) is 1.88. The number of benzene rings is 1. The number of ether oxygens (including phenoxy) is 2. The lowest BCUT2D eigenvalue weighted by molar-refractivity contribution is -0.139. The third-order valence-electron chi connectivity index (χ3n) is 2.96. The Balaban J connectivity index is 2.10. The Morgan fingerprint density at radius 3 is 2.67 bits per heavy atom. The van der Waals surface area contributed by atoms with Crippen LogP contribution >= 0.6 is 11.8 Å². The zero-order chi connectivity index (χ0) is 15.2. The highest BCUT2D eigenvalue weighted by Crippen LogP contribution is 2.26. The average molecular weight is 306 g/mol. The van der Waals surface area contributed by atoms with Crippen LogP contribution in [0.15, 0.2) is 35.6 Å². The quantitative estimate of drug-likeness (QED) is 0.607. The Morgan fingerprint density at radius 2 is 2.05 bits per heavy atom. The number of thioether (sulfide) groups is 1. The molecule has 0 aliphatic rings. The Morgan fingerprint density at radius 1 is 1.33 bits per heavy atom. The number of methoxy groups -OCH3 is 1. The molecule has 21 heavy (non-hydrogen) atoms. The lowest BCUT2D eigenvalue weighted by atomic mass is 10.1. The normalized spacial score (nSPS) is 10.4. The fraction of sp³-hybridized carbons (Fsp3) is 0.333. The molecule has 1 aromatic carbocycles. The summed E-state index contributed by atoms with van der Waals surface area (Å²) in [5.74, 6) is 0.857. The highest BCUT2D eigenvalue weighted by Gasteiger charge is 2.11. The van der Waals surface area contributed by atoms with Gasteiger partial charge in [0.2, 0.25) is 0 Å². The van der Waals surface area contributed by atoms with E-state index in [1.807, 2.05) is 35.9 Å². The van der Waals surface area contributed by atoms with Gasteiger partial charge in [-0.3, -0.25) is 4.79 Å². The molecular weight excluding hydrogens is 288 g/mol. The molecule has 2 rings (SSSR count). The van der Waals surface area contributed by atoms with Crippen LogP contribution in [0.5, 0.6) is 5.75 Å². The second kappa shape index (κ2) is 7.17. The van der Waals surface area contributed by atoms with Gasteiger partial charge in [-0.15, -0.1) is 0 Å². The van der Waals surface area contributed by atoms with Crippen molar-refractivity contribution < 1.29 is 14.3 Å². The molecule has 0 aliphatic carbocycles. The molecule has 0 spiro atoms. The molecule has 0 fully saturated rings. The lowest BCUT2D eigenvalue weighted by Crippen LogP contribution is -2.07. The predicted octanol–water partition coefficient (Wildman–Crippen LogP) is 2.75. The first-order chi connectivity index (χ1) is 10.2. The van der Waals surface area contributed by atoms with Crippen molar-refractivity contribution in [1.82, 2.24) is 9.55 Å². The van der Waals surface area contributed by atoms with Gasteiger partial charge in [-0.2, -0.15) is 0 Å². The van der Waals surface area contributed by atoms with E-state index in [1.54, 1.807) is 20.2 Å². The third-order valence-corrected chi connectivity index (χ3v) is 3.97. The summed E-state index contributed by atoms with van der Waals surface area (Å²) in [6, 6.07) is 7.78. The second-order valence-electron chi connectivity index (χ2n) is 4.31. The molecule has 0 N–H and O–H groups in total. The van der Waals surface area contributed by atoms with Crippen molar-refractivity contribution in [1.29, 1.82) is 0 Å². The van der Waals surface area contributed by atoms with Gasteiger partial charge in [-0.1, -0.05) is 11.8 Å². The van der Waals surface area contributed by atoms with Crippen molar-refractivity contribution in [2.45, 2.75) is 12.1 Å². The number of imidazole rings is 1. The molecule has 0 unspecified atom stereocenters. The summed E-state index contributed by atoms with van der Waals surface area (Å²) in [5.41, 5.74) is 2.04. The number of carbonyl (C=O) groups excluding carboxylic acids is 1. The van der Waals surface area contributed by atoms with Crippen LogP contribution in [0.3, 0.4) is 0 Å². The maximum absolute atomic E-state index is 11.4. The van der Waals surface area contributed by atoms with Gasteiger partial charge in [0.15, 0.2) is 5.16 Å². The molecule has 0 aliphatic heterocycles. The minimum Gasteiger partial charge on any atom is -0.497 e. The highest BCUT2D eigenvalue weighted by atomic mass is 32.2. The fourth-order valence-corrected chi connectivity index (χ4v) is 2.63. The SMILES string of the molecule is CCOC(=O)CSc1ncc(-c2ccc(OC)cc2)n1C. The smallest absolute Gasteiger partial charge is 0.316 e. The Bertz CT molecular complexity index is 608. The molecule has 0 bridgehead atoms. The Kier molecular flexibility index (Phi) is 5.27. The van der Waals surface area contributed by atoms with E-state index in [4.69, 9.17) is 9.47 Å². The minimum atomic E-state index is -0.225. The summed E-state index contributed by atoms with van der Waals surface area (Å²) < 4.78 is 12.0. The highest BCUT2D eigenvalue weighted by molar-refractivity contribution is 7.99. The molecule has 5 nitrogen and oxygen atoms in total. The van der Waals surface area contributed by atoms with Crippen molar-refractivity contribution in [2.24, 2.45) is 7.05 Å². The van der Waals surface area contributed by atoms with Crippen LogP contribution in [0, 0.1) is 0 Å². The van der Waals surface area contributed by atoms with Crippen molar-refractivity contribution in [3.05, 3.63) is 30.5 Å². The number of hydrogen-bond donors (Lipinski definition) is 0. The van der Waals surface area contributed by atoms with Crippen LogP contribution in [0.4, 0.5) is 0 Å². The molecule has 112 valence electrons. The second-order valence-corrected chi connectivity index (χ2v) is 5.25. The Labute approximate surface area is 128 Å². The first-order valence-corrected chi connectivity index (χ1v) is 7.58. The third kappa shape index (κ3) is 3.78. The largest absolute Gasteiger partial charge is 0.497 e.